The van der Waals surface area contributed by atoms with Crippen LogP contribution in [0.2, 0.25) is 0 Å². The molecule has 2 rings (SSSR count). The van der Waals surface area contributed by atoms with Gasteiger partial charge in [-0.2, -0.15) is 0 Å². The predicted molar refractivity (Wildman–Crippen MR) is 79.8 cm³/mol. The lowest BCUT2D eigenvalue weighted by molar-refractivity contribution is -0.128. The second kappa shape index (κ2) is 7.72. The molecule has 0 aliphatic heterocycles. The molecule has 2 fully saturated rings. The van der Waals surface area contributed by atoms with Crippen LogP contribution in [0.1, 0.15) is 64.7 Å². The Hall–Kier alpha value is -0.790. The molecule has 0 unspecified atom stereocenters. The van der Waals surface area contributed by atoms with E-state index in [0.717, 1.165) is 25.3 Å². The first-order valence-corrected chi connectivity index (χ1v) is 8.24. The number of nitrogens with one attached hydrogen (secondary N) is 1. The number of allylic oxidation sites excluding steroid dienone is 2. The average molecular weight is 263 g/mol. The van der Waals surface area contributed by atoms with Gasteiger partial charge in [0.25, 0.3) is 0 Å². The van der Waals surface area contributed by atoms with Crippen LogP contribution in [0.25, 0.3) is 0 Å². The summed E-state index contributed by atoms with van der Waals surface area (Å²) in [6, 6.07) is 0. The van der Waals surface area contributed by atoms with Crippen LogP contribution >= 0.6 is 0 Å². The smallest absolute Gasteiger partial charge is 0.223 e. The molecule has 108 valence electrons. The highest BCUT2D eigenvalue weighted by Gasteiger charge is 2.33. The third-order valence-electron chi connectivity index (χ3n) is 4.72. The van der Waals surface area contributed by atoms with Gasteiger partial charge in [0.15, 0.2) is 0 Å². The van der Waals surface area contributed by atoms with Gasteiger partial charge >= 0.3 is 0 Å². The molecule has 1 amide bonds. The number of hydrogen-bond acceptors (Lipinski definition) is 1. The summed E-state index contributed by atoms with van der Waals surface area (Å²) in [5.74, 6) is 2.05. The minimum atomic E-state index is 0.297. The molecule has 0 saturated heterocycles. The van der Waals surface area contributed by atoms with Gasteiger partial charge in [-0.25, -0.2) is 0 Å². The molecular weight excluding hydrogens is 234 g/mol. The van der Waals surface area contributed by atoms with Gasteiger partial charge in [0.1, 0.15) is 0 Å². The fourth-order valence-electron chi connectivity index (χ4n) is 2.92. The summed E-state index contributed by atoms with van der Waals surface area (Å²) in [5.41, 5.74) is 0. The SMILES string of the molecule is CCCCC/C=C\C1CC(C(=O)NCC2CCC2)C1. The van der Waals surface area contributed by atoms with E-state index in [4.69, 9.17) is 0 Å². The van der Waals surface area contributed by atoms with E-state index in [0.29, 0.717) is 17.7 Å². The largest absolute Gasteiger partial charge is 0.356 e. The molecule has 0 atom stereocenters. The van der Waals surface area contributed by atoms with Crippen molar-refractivity contribution in [3.8, 4) is 0 Å². The lowest BCUT2D eigenvalue weighted by Crippen LogP contribution is -2.41. The van der Waals surface area contributed by atoms with E-state index < -0.39 is 0 Å². The molecule has 0 radical (unpaired) electrons. The van der Waals surface area contributed by atoms with Gasteiger partial charge in [0.2, 0.25) is 5.91 Å². The third kappa shape index (κ3) is 4.67. The van der Waals surface area contributed by atoms with Crippen molar-refractivity contribution >= 4 is 5.91 Å². The molecule has 0 aromatic heterocycles. The predicted octanol–water partition coefficient (Wildman–Crippen LogP) is 4.07. The Labute approximate surface area is 118 Å². The lowest BCUT2D eigenvalue weighted by atomic mass is 9.74. The summed E-state index contributed by atoms with van der Waals surface area (Å²) in [6.07, 6.45) is 15.9. The van der Waals surface area contributed by atoms with Crippen molar-refractivity contribution in [1.82, 2.24) is 5.32 Å². The standard InChI is InChI=1S/C17H29NO/c1-2-3-4-5-6-8-15-11-16(12-15)17(19)18-13-14-9-7-10-14/h6,8,14-16H,2-5,7,9-13H2,1H3,(H,18,19)/b8-6-. The van der Waals surface area contributed by atoms with Crippen LogP contribution in [0, 0.1) is 17.8 Å². The summed E-state index contributed by atoms with van der Waals surface area (Å²) in [5, 5.41) is 3.13. The van der Waals surface area contributed by atoms with Gasteiger partial charge in [-0.3, -0.25) is 4.79 Å². The highest BCUT2D eigenvalue weighted by Crippen LogP contribution is 2.35. The minimum absolute atomic E-state index is 0.297. The van der Waals surface area contributed by atoms with Crippen LogP contribution in [0.15, 0.2) is 12.2 Å². The van der Waals surface area contributed by atoms with E-state index in [-0.39, 0.29) is 0 Å². The van der Waals surface area contributed by atoms with Crippen LogP contribution < -0.4 is 5.32 Å². The Morgan fingerprint density at radius 3 is 2.68 bits per heavy atom. The Kier molecular flexibility index (Phi) is 5.93. The molecule has 0 aromatic rings. The molecule has 2 saturated carbocycles. The molecule has 2 heteroatoms. The maximum atomic E-state index is 11.9. The van der Waals surface area contributed by atoms with Crippen molar-refractivity contribution in [2.75, 3.05) is 6.54 Å². The maximum Gasteiger partial charge on any atom is 0.223 e. The molecule has 0 spiro atoms. The number of amides is 1. The fraction of sp³-hybridized carbons (Fsp3) is 0.824. The van der Waals surface area contributed by atoms with Gasteiger partial charge in [-0.15, -0.1) is 0 Å². The van der Waals surface area contributed by atoms with Crippen molar-refractivity contribution < 1.29 is 4.79 Å². The zero-order valence-corrected chi connectivity index (χ0v) is 12.4. The summed E-state index contributed by atoms with van der Waals surface area (Å²) in [4.78, 5) is 11.9. The Bertz CT molecular complexity index is 300. The Morgan fingerprint density at radius 2 is 2.05 bits per heavy atom. The third-order valence-corrected chi connectivity index (χ3v) is 4.72. The second-order valence-electron chi connectivity index (χ2n) is 6.39. The monoisotopic (exact) mass is 263 g/mol. The second-order valence-corrected chi connectivity index (χ2v) is 6.39. The van der Waals surface area contributed by atoms with E-state index in [2.05, 4.69) is 24.4 Å². The molecule has 0 bridgehead atoms. The Balaban J connectivity index is 1.51. The molecule has 1 N–H and O–H groups in total. The number of carbonyl (C=O) groups is 1. The number of unbranched alkanes of at least 4 members (excludes halogenated alkanes) is 3. The molecular formula is C17H29NO. The van der Waals surface area contributed by atoms with Gasteiger partial charge in [0.05, 0.1) is 0 Å². The number of hydrogen-bond donors (Lipinski definition) is 1. The molecule has 19 heavy (non-hydrogen) atoms. The lowest BCUT2D eigenvalue weighted by Gasteiger charge is -2.33. The van der Waals surface area contributed by atoms with E-state index in [1.165, 1.54) is 44.9 Å². The summed E-state index contributed by atoms with van der Waals surface area (Å²) in [6.45, 7) is 3.16. The van der Waals surface area contributed by atoms with Crippen LogP contribution in [-0.2, 0) is 4.79 Å². The number of rotatable bonds is 8. The van der Waals surface area contributed by atoms with Gasteiger partial charge in [-0.05, 0) is 50.4 Å². The van der Waals surface area contributed by atoms with Crippen molar-refractivity contribution in [3.63, 3.8) is 0 Å². The summed E-state index contributed by atoms with van der Waals surface area (Å²) in [7, 11) is 0. The van der Waals surface area contributed by atoms with Crippen LogP contribution in [0.3, 0.4) is 0 Å². The molecule has 2 nitrogen and oxygen atoms in total. The zero-order valence-electron chi connectivity index (χ0n) is 12.4. The minimum Gasteiger partial charge on any atom is -0.356 e. The first kappa shape index (κ1) is 14.6. The quantitative estimate of drug-likeness (QED) is 0.519. The number of carbonyl (C=O) groups excluding carboxylic acids is 1. The highest BCUT2D eigenvalue weighted by molar-refractivity contribution is 5.79. The first-order chi connectivity index (χ1) is 9.29. The van der Waals surface area contributed by atoms with E-state index in [9.17, 15) is 4.79 Å². The topological polar surface area (TPSA) is 29.1 Å². The van der Waals surface area contributed by atoms with E-state index >= 15 is 0 Å². The van der Waals surface area contributed by atoms with Crippen molar-refractivity contribution in [2.24, 2.45) is 17.8 Å². The van der Waals surface area contributed by atoms with Crippen molar-refractivity contribution in [1.29, 1.82) is 0 Å². The molecule has 2 aliphatic rings. The van der Waals surface area contributed by atoms with Gasteiger partial charge < -0.3 is 5.32 Å². The van der Waals surface area contributed by atoms with Crippen molar-refractivity contribution in [3.05, 3.63) is 12.2 Å². The van der Waals surface area contributed by atoms with Crippen LogP contribution in [0.5, 0.6) is 0 Å². The van der Waals surface area contributed by atoms with Gasteiger partial charge in [-0.1, -0.05) is 38.3 Å². The normalized spacial score (nSPS) is 27.0. The van der Waals surface area contributed by atoms with E-state index in [1.54, 1.807) is 0 Å². The van der Waals surface area contributed by atoms with E-state index in [1.807, 2.05) is 0 Å². The zero-order chi connectivity index (χ0) is 13.5. The Morgan fingerprint density at radius 1 is 1.26 bits per heavy atom. The maximum absolute atomic E-state index is 11.9. The average Bonchev–Trinajstić information content (AvgIpc) is 2.29. The van der Waals surface area contributed by atoms with Crippen LogP contribution in [0.4, 0.5) is 0 Å². The van der Waals surface area contributed by atoms with Crippen molar-refractivity contribution in [2.45, 2.75) is 64.7 Å². The fourth-order valence-corrected chi connectivity index (χ4v) is 2.92. The molecule has 2 aliphatic carbocycles. The summed E-state index contributed by atoms with van der Waals surface area (Å²) < 4.78 is 0. The van der Waals surface area contributed by atoms with Gasteiger partial charge in [0, 0.05) is 12.5 Å². The summed E-state index contributed by atoms with van der Waals surface area (Å²) >= 11 is 0. The molecule has 0 aromatic carbocycles. The molecule has 0 heterocycles. The van der Waals surface area contributed by atoms with Crippen LogP contribution in [-0.4, -0.2) is 12.5 Å². The first-order valence-electron chi connectivity index (χ1n) is 8.24. The highest BCUT2D eigenvalue weighted by atomic mass is 16.1.